The fraction of sp³-hybridized carbons (Fsp3) is 0.727. The van der Waals surface area contributed by atoms with E-state index in [1.54, 1.807) is 14.2 Å². The number of hydrogen-bond donors (Lipinski definition) is 1. The lowest BCUT2D eigenvalue weighted by Crippen LogP contribution is -2.43. The molecular weight excluding hydrogens is 208 g/mol. The Hall–Kier alpha value is -1.07. The average Bonchev–Trinajstić information content (AvgIpc) is 2.57. The Labute approximate surface area is 95.4 Å². The van der Waals surface area contributed by atoms with E-state index in [4.69, 9.17) is 9.47 Å². The molecule has 2 aliphatic heterocycles. The van der Waals surface area contributed by atoms with Crippen LogP contribution in [0.4, 0.5) is 4.79 Å². The molecule has 0 aromatic rings. The van der Waals surface area contributed by atoms with Crippen molar-refractivity contribution in [1.29, 1.82) is 0 Å². The molecule has 0 aromatic carbocycles. The first-order valence-corrected chi connectivity index (χ1v) is 5.52. The van der Waals surface area contributed by atoms with Gasteiger partial charge in [-0.1, -0.05) is 6.08 Å². The molecule has 16 heavy (non-hydrogen) atoms. The minimum absolute atomic E-state index is 0.00992. The zero-order chi connectivity index (χ0) is 11.5. The minimum Gasteiger partial charge on any atom is -0.384 e. The standard InChI is InChI=1S/C11H18N2O3/c1-15-4-3-8-5-9-6-13(11(14)12-9)10(8)7-16-2/h5,9-10H,3-4,6-7H2,1-2H3,(H,12,14)/t9-,10-/m1/s1. The Kier molecular flexibility index (Phi) is 3.46. The molecule has 1 fully saturated rings. The third-order valence-electron chi connectivity index (χ3n) is 3.10. The van der Waals surface area contributed by atoms with E-state index < -0.39 is 0 Å². The van der Waals surface area contributed by atoms with Gasteiger partial charge in [-0.2, -0.15) is 0 Å². The lowest BCUT2D eigenvalue weighted by Gasteiger charge is -2.31. The number of ether oxygens (including phenoxy) is 2. The summed E-state index contributed by atoms with van der Waals surface area (Å²) in [5, 5.41) is 2.92. The van der Waals surface area contributed by atoms with Gasteiger partial charge in [0.1, 0.15) is 0 Å². The molecule has 2 bridgehead atoms. The van der Waals surface area contributed by atoms with E-state index in [9.17, 15) is 4.79 Å². The first-order valence-electron chi connectivity index (χ1n) is 5.52. The second kappa shape index (κ2) is 4.84. The van der Waals surface area contributed by atoms with Gasteiger partial charge in [0, 0.05) is 27.4 Å². The first-order chi connectivity index (χ1) is 7.76. The maximum atomic E-state index is 11.7. The van der Waals surface area contributed by atoms with Crippen molar-refractivity contribution < 1.29 is 14.3 Å². The lowest BCUT2D eigenvalue weighted by molar-refractivity contribution is 0.121. The van der Waals surface area contributed by atoms with E-state index in [1.807, 2.05) is 4.90 Å². The van der Waals surface area contributed by atoms with Gasteiger partial charge in [-0.25, -0.2) is 4.79 Å². The fourth-order valence-corrected chi connectivity index (χ4v) is 2.34. The largest absolute Gasteiger partial charge is 0.384 e. The molecule has 5 heteroatoms. The smallest absolute Gasteiger partial charge is 0.318 e. The van der Waals surface area contributed by atoms with Crippen LogP contribution in [0.5, 0.6) is 0 Å². The molecule has 2 heterocycles. The van der Waals surface area contributed by atoms with Crippen LogP contribution in [0, 0.1) is 0 Å². The van der Waals surface area contributed by atoms with E-state index in [1.165, 1.54) is 5.57 Å². The van der Waals surface area contributed by atoms with Crippen molar-refractivity contribution in [3.05, 3.63) is 11.6 Å². The molecule has 2 aliphatic rings. The number of nitrogens with zero attached hydrogens (tertiary/aromatic N) is 1. The minimum atomic E-state index is 0.00992. The second-order valence-electron chi connectivity index (χ2n) is 4.16. The number of carbonyl (C=O) groups is 1. The maximum absolute atomic E-state index is 11.7. The van der Waals surface area contributed by atoms with Crippen LogP contribution in [0.1, 0.15) is 6.42 Å². The van der Waals surface area contributed by atoms with E-state index in [0.29, 0.717) is 13.2 Å². The van der Waals surface area contributed by atoms with Gasteiger partial charge in [0.2, 0.25) is 0 Å². The Bertz CT molecular complexity index is 304. The van der Waals surface area contributed by atoms with Crippen LogP contribution in [-0.2, 0) is 9.47 Å². The summed E-state index contributed by atoms with van der Waals surface area (Å²) in [5.74, 6) is 0. The van der Waals surface area contributed by atoms with Crippen LogP contribution in [0.25, 0.3) is 0 Å². The number of rotatable bonds is 5. The van der Waals surface area contributed by atoms with E-state index >= 15 is 0 Å². The number of amides is 2. The molecule has 0 saturated carbocycles. The van der Waals surface area contributed by atoms with Crippen molar-refractivity contribution in [2.24, 2.45) is 0 Å². The Morgan fingerprint density at radius 2 is 2.31 bits per heavy atom. The van der Waals surface area contributed by atoms with Gasteiger partial charge in [0.15, 0.2) is 0 Å². The van der Waals surface area contributed by atoms with Crippen LogP contribution in [0.2, 0.25) is 0 Å². The summed E-state index contributed by atoms with van der Waals surface area (Å²) in [5.41, 5.74) is 1.23. The van der Waals surface area contributed by atoms with Crippen LogP contribution in [0.3, 0.4) is 0 Å². The monoisotopic (exact) mass is 226 g/mol. The van der Waals surface area contributed by atoms with Gasteiger partial charge >= 0.3 is 6.03 Å². The van der Waals surface area contributed by atoms with Crippen molar-refractivity contribution in [3.63, 3.8) is 0 Å². The van der Waals surface area contributed by atoms with Crippen molar-refractivity contribution in [2.45, 2.75) is 18.5 Å². The molecule has 2 rings (SSSR count). The van der Waals surface area contributed by atoms with Crippen LogP contribution < -0.4 is 5.32 Å². The molecule has 0 aliphatic carbocycles. The summed E-state index contributed by atoms with van der Waals surface area (Å²) in [6.07, 6.45) is 3.00. The highest BCUT2D eigenvalue weighted by Crippen LogP contribution is 2.25. The normalized spacial score (nSPS) is 28.0. The maximum Gasteiger partial charge on any atom is 0.318 e. The van der Waals surface area contributed by atoms with Crippen LogP contribution in [0.15, 0.2) is 11.6 Å². The highest BCUT2D eigenvalue weighted by molar-refractivity contribution is 5.79. The number of nitrogens with one attached hydrogen (secondary N) is 1. The summed E-state index contributed by atoms with van der Waals surface area (Å²) in [4.78, 5) is 13.5. The van der Waals surface area contributed by atoms with Gasteiger partial charge < -0.3 is 19.7 Å². The van der Waals surface area contributed by atoms with E-state index in [2.05, 4.69) is 11.4 Å². The van der Waals surface area contributed by atoms with Crippen molar-refractivity contribution in [3.8, 4) is 0 Å². The Morgan fingerprint density at radius 3 is 3.00 bits per heavy atom. The molecule has 2 atom stereocenters. The first kappa shape index (κ1) is 11.4. The molecule has 1 saturated heterocycles. The highest BCUT2D eigenvalue weighted by Gasteiger charge is 2.38. The van der Waals surface area contributed by atoms with Gasteiger partial charge in [0.25, 0.3) is 0 Å². The van der Waals surface area contributed by atoms with Crippen LogP contribution >= 0.6 is 0 Å². The lowest BCUT2D eigenvalue weighted by atomic mass is 9.97. The molecule has 0 aromatic heterocycles. The predicted octanol–water partition coefficient (Wildman–Crippen LogP) is 0.372. The summed E-state index contributed by atoms with van der Waals surface area (Å²) >= 11 is 0. The zero-order valence-electron chi connectivity index (χ0n) is 9.73. The Balaban J connectivity index is 2.11. The number of methoxy groups -OCH3 is 2. The van der Waals surface area contributed by atoms with E-state index in [0.717, 1.165) is 13.0 Å². The van der Waals surface area contributed by atoms with Gasteiger partial charge in [0.05, 0.1) is 18.7 Å². The molecule has 0 unspecified atom stereocenters. The molecule has 5 nitrogen and oxygen atoms in total. The summed E-state index contributed by atoms with van der Waals surface area (Å²) in [7, 11) is 3.35. The van der Waals surface area contributed by atoms with Crippen molar-refractivity contribution >= 4 is 6.03 Å². The molecule has 90 valence electrons. The average molecular weight is 226 g/mol. The van der Waals surface area contributed by atoms with Crippen molar-refractivity contribution in [1.82, 2.24) is 10.2 Å². The summed E-state index contributed by atoms with van der Waals surface area (Å²) in [6.45, 7) is 1.99. The second-order valence-corrected chi connectivity index (χ2v) is 4.16. The highest BCUT2D eigenvalue weighted by atomic mass is 16.5. The fourth-order valence-electron chi connectivity index (χ4n) is 2.34. The summed E-state index contributed by atoms with van der Waals surface area (Å²) in [6, 6.07) is 0.238. The molecule has 1 N–H and O–H groups in total. The number of carbonyl (C=O) groups excluding carboxylic acids is 1. The topological polar surface area (TPSA) is 50.8 Å². The van der Waals surface area contributed by atoms with Crippen molar-refractivity contribution in [2.75, 3.05) is 34.0 Å². The number of urea groups is 1. The van der Waals surface area contributed by atoms with E-state index in [-0.39, 0.29) is 18.1 Å². The zero-order valence-corrected chi connectivity index (χ0v) is 9.73. The number of hydrogen-bond acceptors (Lipinski definition) is 3. The molecule has 0 spiro atoms. The molecular formula is C11H18N2O3. The third kappa shape index (κ3) is 2.05. The predicted molar refractivity (Wildman–Crippen MR) is 59.3 cm³/mol. The van der Waals surface area contributed by atoms with Gasteiger partial charge in [-0.15, -0.1) is 0 Å². The Morgan fingerprint density at radius 1 is 1.50 bits per heavy atom. The summed E-state index contributed by atoms with van der Waals surface area (Å²) < 4.78 is 10.3. The molecule has 0 radical (unpaired) electrons. The SMILES string of the molecule is COCCC1=C[C@@H]2CN(C(=O)N2)[C@@H]1COC. The number of fused-ring (bicyclic) bond motifs is 2. The third-order valence-corrected chi connectivity index (χ3v) is 3.10. The molecule has 2 amide bonds. The van der Waals surface area contributed by atoms with Gasteiger partial charge in [-0.3, -0.25) is 0 Å². The van der Waals surface area contributed by atoms with Crippen LogP contribution in [-0.4, -0.2) is 57.0 Å². The van der Waals surface area contributed by atoms with Gasteiger partial charge in [-0.05, 0) is 12.0 Å². The quantitative estimate of drug-likeness (QED) is 0.689.